The van der Waals surface area contributed by atoms with Gasteiger partial charge < -0.3 is 16.0 Å². The van der Waals surface area contributed by atoms with E-state index in [0.29, 0.717) is 19.0 Å². The van der Waals surface area contributed by atoms with Crippen molar-refractivity contribution in [3.05, 3.63) is 0 Å². The molecule has 0 spiro atoms. The number of amides is 2. The Bertz CT molecular complexity index is 332. The van der Waals surface area contributed by atoms with Crippen LogP contribution in [0.4, 0.5) is 0 Å². The second-order valence-corrected chi connectivity index (χ2v) is 5.49. The average molecular weight is 253 g/mol. The third-order valence-corrected chi connectivity index (χ3v) is 4.28. The molecule has 0 radical (unpaired) electrons. The van der Waals surface area contributed by atoms with Gasteiger partial charge in [-0.3, -0.25) is 9.59 Å². The molecule has 1 unspecified atom stereocenters. The van der Waals surface area contributed by atoms with E-state index in [2.05, 4.69) is 5.32 Å². The fraction of sp³-hybridized carbons (Fsp3) is 0.846. The minimum Gasteiger partial charge on any atom is -0.351 e. The first kappa shape index (κ1) is 13.3. The summed E-state index contributed by atoms with van der Waals surface area (Å²) >= 11 is 0. The summed E-state index contributed by atoms with van der Waals surface area (Å²) in [4.78, 5) is 25.2. The Morgan fingerprint density at radius 2 is 2.11 bits per heavy atom. The van der Waals surface area contributed by atoms with Crippen LogP contribution in [0, 0.1) is 11.8 Å². The van der Waals surface area contributed by atoms with Crippen molar-refractivity contribution in [3.63, 3.8) is 0 Å². The van der Waals surface area contributed by atoms with E-state index in [-0.39, 0.29) is 23.8 Å². The summed E-state index contributed by atoms with van der Waals surface area (Å²) in [6, 6.07) is 0.125. The SMILES string of the molecule is CC(=O)N1CCC(NC(=O)[C@@H]2CCC[C@@H]2CN)C1. The van der Waals surface area contributed by atoms with Crippen molar-refractivity contribution in [1.29, 1.82) is 0 Å². The molecule has 1 heterocycles. The van der Waals surface area contributed by atoms with Gasteiger partial charge in [-0.05, 0) is 31.7 Å². The minimum atomic E-state index is 0.0846. The Kier molecular flexibility index (Phi) is 4.22. The molecule has 2 aliphatic rings. The first-order chi connectivity index (χ1) is 8.61. The minimum absolute atomic E-state index is 0.0846. The molecular formula is C13H23N3O2. The maximum Gasteiger partial charge on any atom is 0.223 e. The Hall–Kier alpha value is -1.10. The summed E-state index contributed by atoms with van der Waals surface area (Å²) in [5.41, 5.74) is 5.70. The Labute approximate surface area is 108 Å². The predicted molar refractivity (Wildman–Crippen MR) is 68.7 cm³/mol. The van der Waals surface area contributed by atoms with Crippen LogP contribution in [0.5, 0.6) is 0 Å². The number of hydrogen-bond donors (Lipinski definition) is 2. The molecule has 2 rings (SSSR count). The van der Waals surface area contributed by atoms with Gasteiger partial charge in [-0.2, -0.15) is 0 Å². The molecule has 3 N–H and O–H groups in total. The van der Waals surface area contributed by atoms with E-state index < -0.39 is 0 Å². The highest BCUT2D eigenvalue weighted by Gasteiger charge is 2.34. The summed E-state index contributed by atoms with van der Waals surface area (Å²) in [5.74, 6) is 0.655. The van der Waals surface area contributed by atoms with Gasteiger partial charge in [-0.15, -0.1) is 0 Å². The predicted octanol–water partition coefficient (Wildman–Crippen LogP) is 0.0984. The van der Waals surface area contributed by atoms with Gasteiger partial charge in [0.15, 0.2) is 0 Å². The third-order valence-electron chi connectivity index (χ3n) is 4.28. The van der Waals surface area contributed by atoms with Crippen LogP contribution in [-0.4, -0.2) is 42.4 Å². The largest absolute Gasteiger partial charge is 0.351 e. The standard InChI is InChI=1S/C13H23N3O2/c1-9(17)16-6-5-11(8-16)15-13(18)12-4-2-3-10(12)7-14/h10-12H,2-8,14H2,1H3,(H,15,18)/t10-,11?,12-/m1/s1. The van der Waals surface area contributed by atoms with E-state index in [0.717, 1.165) is 32.2 Å². The summed E-state index contributed by atoms with van der Waals surface area (Å²) in [6.45, 7) is 3.58. The molecule has 1 saturated carbocycles. The molecule has 0 aromatic heterocycles. The molecule has 5 heteroatoms. The van der Waals surface area contributed by atoms with E-state index >= 15 is 0 Å². The van der Waals surface area contributed by atoms with Crippen LogP contribution in [0.1, 0.15) is 32.6 Å². The summed E-state index contributed by atoms with van der Waals surface area (Å²) in [5, 5.41) is 3.08. The molecule has 3 atom stereocenters. The highest BCUT2D eigenvalue weighted by molar-refractivity contribution is 5.80. The first-order valence-corrected chi connectivity index (χ1v) is 6.87. The zero-order valence-corrected chi connectivity index (χ0v) is 11.0. The van der Waals surface area contributed by atoms with Gasteiger partial charge in [0, 0.05) is 32.0 Å². The number of carbonyl (C=O) groups excluding carboxylic acids is 2. The fourth-order valence-corrected chi connectivity index (χ4v) is 3.14. The van der Waals surface area contributed by atoms with Crippen molar-refractivity contribution in [2.75, 3.05) is 19.6 Å². The lowest BCUT2D eigenvalue weighted by Gasteiger charge is -2.20. The van der Waals surface area contributed by atoms with Crippen LogP contribution in [0.25, 0.3) is 0 Å². The number of rotatable bonds is 3. The molecule has 0 aromatic rings. The lowest BCUT2D eigenvalue weighted by molar-refractivity contribution is -0.129. The molecule has 0 aromatic carbocycles. The van der Waals surface area contributed by atoms with E-state index in [9.17, 15) is 9.59 Å². The number of carbonyl (C=O) groups is 2. The number of nitrogens with zero attached hydrogens (tertiary/aromatic N) is 1. The second kappa shape index (κ2) is 5.69. The maximum absolute atomic E-state index is 12.2. The van der Waals surface area contributed by atoms with E-state index in [1.165, 1.54) is 0 Å². The molecule has 18 heavy (non-hydrogen) atoms. The van der Waals surface area contributed by atoms with Gasteiger partial charge >= 0.3 is 0 Å². The van der Waals surface area contributed by atoms with Gasteiger partial charge in [-0.25, -0.2) is 0 Å². The van der Waals surface area contributed by atoms with Crippen molar-refractivity contribution in [2.45, 2.75) is 38.6 Å². The Balaban J connectivity index is 1.83. The van der Waals surface area contributed by atoms with Crippen molar-refractivity contribution < 1.29 is 9.59 Å². The maximum atomic E-state index is 12.2. The summed E-state index contributed by atoms with van der Waals surface area (Å²) in [7, 11) is 0. The van der Waals surface area contributed by atoms with Crippen LogP contribution in [0.3, 0.4) is 0 Å². The first-order valence-electron chi connectivity index (χ1n) is 6.87. The number of nitrogens with one attached hydrogen (secondary N) is 1. The normalized spacial score (nSPS) is 31.7. The van der Waals surface area contributed by atoms with Gasteiger partial charge in [0.25, 0.3) is 0 Å². The van der Waals surface area contributed by atoms with E-state index in [1.807, 2.05) is 0 Å². The fourth-order valence-electron chi connectivity index (χ4n) is 3.14. The quantitative estimate of drug-likeness (QED) is 0.749. The van der Waals surface area contributed by atoms with Crippen molar-refractivity contribution in [1.82, 2.24) is 10.2 Å². The van der Waals surface area contributed by atoms with Crippen molar-refractivity contribution >= 4 is 11.8 Å². The highest BCUT2D eigenvalue weighted by atomic mass is 16.2. The second-order valence-electron chi connectivity index (χ2n) is 5.49. The van der Waals surface area contributed by atoms with E-state index in [4.69, 9.17) is 5.73 Å². The average Bonchev–Trinajstić information content (AvgIpc) is 2.96. The van der Waals surface area contributed by atoms with Crippen LogP contribution >= 0.6 is 0 Å². The zero-order chi connectivity index (χ0) is 13.1. The third kappa shape index (κ3) is 2.83. The Morgan fingerprint density at radius 3 is 2.72 bits per heavy atom. The van der Waals surface area contributed by atoms with Crippen LogP contribution in [0.15, 0.2) is 0 Å². The molecule has 1 aliphatic heterocycles. The molecule has 1 aliphatic carbocycles. The van der Waals surface area contributed by atoms with Gasteiger partial charge in [0.2, 0.25) is 11.8 Å². The van der Waals surface area contributed by atoms with Crippen molar-refractivity contribution in [3.8, 4) is 0 Å². The Morgan fingerprint density at radius 1 is 1.33 bits per heavy atom. The molecule has 1 saturated heterocycles. The molecule has 5 nitrogen and oxygen atoms in total. The van der Waals surface area contributed by atoms with Crippen LogP contribution in [0.2, 0.25) is 0 Å². The summed E-state index contributed by atoms with van der Waals surface area (Å²) in [6.07, 6.45) is 3.99. The number of likely N-dealkylation sites (tertiary alicyclic amines) is 1. The highest BCUT2D eigenvalue weighted by Crippen LogP contribution is 2.31. The van der Waals surface area contributed by atoms with Crippen molar-refractivity contribution in [2.24, 2.45) is 17.6 Å². The molecule has 102 valence electrons. The number of hydrogen-bond acceptors (Lipinski definition) is 3. The topological polar surface area (TPSA) is 75.4 Å². The molecule has 2 fully saturated rings. The van der Waals surface area contributed by atoms with E-state index in [1.54, 1.807) is 11.8 Å². The summed E-state index contributed by atoms with van der Waals surface area (Å²) < 4.78 is 0. The lowest BCUT2D eigenvalue weighted by atomic mass is 9.95. The van der Waals surface area contributed by atoms with Crippen LogP contribution < -0.4 is 11.1 Å². The van der Waals surface area contributed by atoms with Gasteiger partial charge in [0.05, 0.1) is 0 Å². The molecule has 0 bridgehead atoms. The number of nitrogens with two attached hydrogens (primary N) is 1. The monoisotopic (exact) mass is 253 g/mol. The lowest BCUT2D eigenvalue weighted by Crippen LogP contribution is -2.42. The zero-order valence-electron chi connectivity index (χ0n) is 11.0. The van der Waals surface area contributed by atoms with Crippen LogP contribution in [-0.2, 0) is 9.59 Å². The van der Waals surface area contributed by atoms with Gasteiger partial charge in [0.1, 0.15) is 0 Å². The smallest absolute Gasteiger partial charge is 0.223 e. The molecule has 2 amide bonds. The van der Waals surface area contributed by atoms with Gasteiger partial charge in [-0.1, -0.05) is 6.42 Å². The molecular weight excluding hydrogens is 230 g/mol.